The fourth-order valence-corrected chi connectivity index (χ4v) is 1.98. The van der Waals surface area contributed by atoms with Crippen LogP contribution in [0.5, 0.6) is 5.75 Å². The van der Waals surface area contributed by atoms with E-state index in [1.54, 1.807) is 24.3 Å². The average molecular weight is 321 g/mol. The molecule has 2 rings (SSSR count). The number of nitrogens with zero attached hydrogens (tertiary/aromatic N) is 1. The van der Waals surface area contributed by atoms with Gasteiger partial charge in [0.25, 0.3) is 0 Å². The summed E-state index contributed by atoms with van der Waals surface area (Å²) in [6, 6.07) is 11.8. The Morgan fingerprint density at radius 1 is 1.26 bits per heavy atom. The molecule has 0 aliphatic rings. The Hall–Kier alpha value is -2.06. The molecule has 0 spiro atoms. The van der Waals surface area contributed by atoms with E-state index in [-0.39, 0.29) is 5.75 Å². The van der Waals surface area contributed by atoms with Crippen LogP contribution in [0.4, 0.5) is 15.8 Å². The van der Waals surface area contributed by atoms with Gasteiger partial charge in [-0.25, -0.2) is 4.39 Å². The molecule has 0 radical (unpaired) electrons. The zero-order chi connectivity index (χ0) is 13.8. The Morgan fingerprint density at radius 3 is 2.68 bits per heavy atom. The molecule has 0 saturated carbocycles. The lowest BCUT2D eigenvalue weighted by atomic mass is 10.2. The Balaban J connectivity index is 2.34. The average Bonchev–Trinajstić information content (AvgIpc) is 2.39. The number of hydrogen-bond acceptors (Lipinski definition) is 3. The third-order valence-electron chi connectivity index (χ3n) is 2.53. The molecule has 96 valence electrons. The lowest BCUT2D eigenvalue weighted by molar-refractivity contribution is 0.386. The summed E-state index contributed by atoms with van der Waals surface area (Å²) in [7, 11) is 1.41. The van der Waals surface area contributed by atoms with Gasteiger partial charge in [-0.3, -0.25) is 0 Å². The number of hydrogen-bond donors (Lipinski definition) is 1. The highest BCUT2D eigenvalue weighted by Gasteiger charge is 2.06. The Labute approximate surface area is 118 Å². The van der Waals surface area contributed by atoms with E-state index in [0.29, 0.717) is 16.9 Å². The van der Waals surface area contributed by atoms with Gasteiger partial charge in [0.1, 0.15) is 6.07 Å². The van der Waals surface area contributed by atoms with Crippen LogP contribution in [0.2, 0.25) is 0 Å². The monoisotopic (exact) mass is 320 g/mol. The second kappa shape index (κ2) is 5.72. The van der Waals surface area contributed by atoms with Gasteiger partial charge in [-0.15, -0.1) is 0 Å². The number of rotatable bonds is 3. The molecule has 2 aromatic carbocycles. The molecule has 0 atom stereocenters. The molecule has 0 fully saturated rings. The van der Waals surface area contributed by atoms with E-state index < -0.39 is 5.82 Å². The zero-order valence-corrected chi connectivity index (χ0v) is 11.7. The minimum atomic E-state index is -0.457. The van der Waals surface area contributed by atoms with E-state index in [2.05, 4.69) is 27.3 Å². The first kappa shape index (κ1) is 13.4. The molecule has 0 saturated heterocycles. The van der Waals surface area contributed by atoms with Crippen molar-refractivity contribution in [1.82, 2.24) is 0 Å². The van der Waals surface area contributed by atoms with Crippen LogP contribution in [-0.4, -0.2) is 7.11 Å². The van der Waals surface area contributed by atoms with E-state index in [4.69, 9.17) is 10.00 Å². The van der Waals surface area contributed by atoms with Crippen LogP contribution in [0.15, 0.2) is 40.9 Å². The maximum Gasteiger partial charge on any atom is 0.167 e. The van der Waals surface area contributed by atoms with Crippen molar-refractivity contribution in [1.29, 1.82) is 5.26 Å². The SMILES string of the molecule is COc1ccc(Nc2cc(Br)ccc2C#N)cc1F. The molecule has 2 aromatic rings. The summed E-state index contributed by atoms with van der Waals surface area (Å²) >= 11 is 3.33. The smallest absolute Gasteiger partial charge is 0.167 e. The van der Waals surface area contributed by atoms with Crippen LogP contribution in [0.3, 0.4) is 0 Å². The molecular weight excluding hydrogens is 311 g/mol. The molecule has 0 aromatic heterocycles. The third kappa shape index (κ3) is 3.04. The first-order valence-electron chi connectivity index (χ1n) is 5.44. The molecule has 1 N–H and O–H groups in total. The highest BCUT2D eigenvalue weighted by atomic mass is 79.9. The second-order valence-corrected chi connectivity index (χ2v) is 4.69. The van der Waals surface area contributed by atoms with Gasteiger partial charge in [0, 0.05) is 16.2 Å². The highest BCUT2D eigenvalue weighted by Crippen LogP contribution is 2.27. The van der Waals surface area contributed by atoms with Crippen molar-refractivity contribution in [2.45, 2.75) is 0 Å². The molecular formula is C14H10BrFN2O. The van der Waals surface area contributed by atoms with E-state index in [1.165, 1.54) is 19.2 Å². The number of ether oxygens (including phenoxy) is 1. The van der Waals surface area contributed by atoms with Crippen LogP contribution < -0.4 is 10.1 Å². The van der Waals surface area contributed by atoms with Crippen molar-refractivity contribution < 1.29 is 9.13 Å². The van der Waals surface area contributed by atoms with E-state index in [9.17, 15) is 4.39 Å². The van der Waals surface area contributed by atoms with Crippen molar-refractivity contribution >= 4 is 27.3 Å². The summed E-state index contributed by atoms with van der Waals surface area (Å²) in [5.41, 5.74) is 1.65. The van der Waals surface area contributed by atoms with Gasteiger partial charge >= 0.3 is 0 Å². The number of nitrogens with one attached hydrogen (secondary N) is 1. The second-order valence-electron chi connectivity index (χ2n) is 3.78. The Bertz CT molecular complexity index is 652. The van der Waals surface area contributed by atoms with Crippen molar-refractivity contribution in [3.8, 4) is 11.8 Å². The highest BCUT2D eigenvalue weighted by molar-refractivity contribution is 9.10. The van der Waals surface area contributed by atoms with Crippen LogP contribution in [0.25, 0.3) is 0 Å². The first-order chi connectivity index (χ1) is 9.13. The van der Waals surface area contributed by atoms with Gasteiger partial charge < -0.3 is 10.1 Å². The van der Waals surface area contributed by atoms with Gasteiger partial charge in [0.05, 0.1) is 18.4 Å². The molecule has 0 unspecified atom stereocenters. The van der Waals surface area contributed by atoms with Gasteiger partial charge in [0.15, 0.2) is 11.6 Å². The Kier molecular flexibility index (Phi) is 4.03. The molecule has 3 nitrogen and oxygen atoms in total. The molecule has 0 amide bonds. The van der Waals surface area contributed by atoms with Gasteiger partial charge in [-0.1, -0.05) is 15.9 Å². The zero-order valence-electron chi connectivity index (χ0n) is 10.1. The summed E-state index contributed by atoms with van der Waals surface area (Å²) in [6.07, 6.45) is 0. The van der Waals surface area contributed by atoms with Gasteiger partial charge in [0.2, 0.25) is 0 Å². The standard InChI is InChI=1S/C14H10BrFN2O/c1-19-14-5-4-11(7-12(14)16)18-13-6-10(15)3-2-9(13)8-17/h2-7,18H,1H3. The van der Waals surface area contributed by atoms with Crippen LogP contribution in [0.1, 0.15) is 5.56 Å². The summed E-state index contributed by atoms with van der Waals surface area (Å²) in [5, 5.41) is 12.0. The molecule has 5 heteroatoms. The van der Waals surface area contributed by atoms with Crippen molar-refractivity contribution in [2.24, 2.45) is 0 Å². The number of nitriles is 1. The molecule has 0 aliphatic heterocycles. The maximum absolute atomic E-state index is 13.6. The Morgan fingerprint density at radius 2 is 2.05 bits per heavy atom. The summed E-state index contributed by atoms with van der Waals surface area (Å²) in [4.78, 5) is 0. The maximum atomic E-state index is 13.6. The van der Waals surface area contributed by atoms with E-state index in [1.807, 2.05) is 0 Å². The van der Waals surface area contributed by atoms with Crippen LogP contribution >= 0.6 is 15.9 Å². The molecule has 0 heterocycles. The predicted octanol–water partition coefficient (Wildman–Crippen LogP) is 4.21. The predicted molar refractivity (Wildman–Crippen MR) is 75.1 cm³/mol. The van der Waals surface area contributed by atoms with Crippen molar-refractivity contribution in [3.05, 3.63) is 52.3 Å². The van der Waals surface area contributed by atoms with Gasteiger partial charge in [-0.2, -0.15) is 5.26 Å². The molecule has 0 bridgehead atoms. The van der Waals surface area contributed by atoms with Crippen LogP contribution in [0, 0.1) is 17.1 Å². The topological polar surface area (TPSA) is 45.0 Å². The quantitative estimate of drug-likeness (QED) is 0.921. The van der Waals surface area contributed by atoms with Gasteiger partial charge in [-0.05, 0) is 30.3 Å². The molecule has 19 heavy (non-hydrogen) atoms. The fraction of sp³-hybridized carbons (Fsp3) is 0.0714. The summed E-state index contributed by atoms with van der Waals surface area (Å²) in [5.74, 6) is -0.277. The lowest BCUT2D eigenvalue weighted by Crippen LogP contribution is -1.95. The number of halogens is 2. The summed E-state index contributed by atoms with van der Waals surface area (Å²) in [6.45, 7) is 0. The number of benzene rings is 2. The minimum absolute atomic E-state index is 0.181. The lowest BCUT2D eigenvalue weighted by Gasteiger charge is -2.10. The normalized spacial score (nSPS) is 9.79. The van der Waals surface area contributed by atoms with Crippen molar-refractivity contribution in [3.63, 3.8) is 0 Å². The van der Waals surface area contributed by atoms with E-state index >= 15 is 0 Å². The summed E-state index contributed by atoms with van der Waals surface area (Å²) < 4.78 is 19.3. The number of methoxy groups -OCH3 is 1. The van der Waals surface area contributed by atoms with Crippen LogP contribution in [-0.2, 0) is 0 Å². The third-order valence-corrected chi connectivity index (χ3v) is 3.03. The number of anilines is 2. The van der Waals surface area contributed by atoms with E-state index in [0.717, 1.165) is 4.47 Å². The molecule has 0 aliphatic carbocycles. The minimum Gasteiger partial charge on any atom is -0.494 e. The first-order valence-corrected chi connectivity index (χ1v) is 6.23. The largest absolute Gasteiger partial charge is 0.494 e. The van der Waals surface area contributed by atoms with Crippen molar-refractivity contribution in [2.75, 3.05) is 12.4 Å². The fourth-order valence-electron chi connectivity index (χ4n) is 1.62.